The number of hydrogen-bond acceptors (Lipinski definition) is 4. The molecule has 1 aromatic heterocycles. The highest BCUT2D eigenvalue weighted by atomic mass is 35.5. The quantitative estimate of drug-likeness (QED) is 0.947. The maximum atomic E-state index is 12.3. The average molecular weight is 303 g/mol. The number of para-hydroxylation sites is 1. The summed E-state index contributed by atoms with van der Waals surface area (Å²) in [5, 5.41) is 3.26. The Bertz CT molecular complexity index is 656. The predicted molar refractivity (Wildman–Crippen MR) is 82.9 cm³/mol. The molecule has 6 heteroatoms. The third-order valence-electron chi connectivity index (χ3n) is 3.44. The lowest BCUT2D eigenvalue weighted by molar-refractivity contribution is 0.102. The molecule has 2 heterocycles. The van der Waals surface area contributed by atoms with Crippen LogP contribution in [0.5, 0.6) is 0 Å². The van der Waals surface area contributed by atoms with Crippen molar-refractivity contribution in [2.24, 2.45) is 0 Å². The lowest BCUT2D eigenvalue weighted by atomic mass is 10.3. The largest absolute Gasteiger partial charge is 0.357 e. The number of rotatable bonds is 3. The molecule has 0 saturated carbocycles. The third kappa shape index (κ3) is 3.13. The zero-order chi connectivity index (χ0) is 14.7. The molecule has 0 bridgehead atoms. The lowest BCUT2D eigenvalue weighted by Gasteiger charge is -2.16. The number of amides is 1. The zero-order valence-corrected chi connectivity index (χ0v) is 12.2. The molecule has 0 radical (unpaired) electrons. The first kappa shape index (κ1) is 13.8. The predicted octanol–water partition coefficient (Wildman–Crippen LogP) is 2.98. The molecule has 0 spiro atoms. The standard InChI is InChI=1S/C15H15ClN4O/c16-11-5-1-2-6-12(11)19-15(21)13-9-14(18-10-17-13)20-7-3-4-8-20/h1-2,5-6,9-10H,3-4,7-8H2,(H,19,21). The van der Waals surface area contributed by atoms with E-state index in [0.717, 1.165) is 31.7 Å². The van der Waals surface area contributed by atoms with Crippen LogP contribution in [-0.2, 0) is 0 Å². The Kier molecular flexibility index (Phi) is 4.01. The van der Waals surface area contributed by atoms with Crippen LogP contribution in [-0.4, -0.2) is 29.0 Å². The van der Waals surface area contributed by atoms with Crippen LogP contribution in [0.25, 0.3) is 0 Å². The van der Waals surface area contributed by atoms with E-state index in [9.17, 15) is 4.79 Å². The van der Waals surface area contributed by atoms with E-state index in [2.05, 4.69) is 20.2 Å². The zero-order valence-electron chi connectivity index (χ0n) is 11.4. The van der Waals surface area contributed by atoms with Crippen LogP contribution < -0.4 is 10.2 Å². The van der Waals surface area contributed by atoms with Crippen molar-refractivity contribution in [3.05, 3.63) is 47.4 Å². The Morgan fingerprint density at radius 1 is 1.19 bits per heavy atom. The highest BCUT2D eigenvalue weighted by Crippen LogP contribution is 2.22. The SMILES string of the molecule is O=C(Nc1ccccc1Cl)c1cc(N2CCCC2)ncn1. The number of benzene rings is 1. The number of carbonyl (C=O) groups is 1. The molecule has 1 aliphatic rings. The first-order valence-electron chi connectivity index (χ1n) is 6.87. The Hall–Kier alpha value is -2.14. The molecule has 3 rings (SSSR count). The summed E-state index contributed by atoms with van der Waals surface area (Å²) in [6.07, 6.45) is 3.74. The van der Waals surface area contributed by atoms with Crippen molar-refractivity contribution in [2.45, 2.75) is 12.8 Å². The fourth-order valence-electron chi connectivity index (χ4n) is 2.34. The second-order valence-electron chi connectivity index (χ2n) is 4.89. The minimum absolute atomic E-state index is 0.286. The summed E-state index contributed by atoms with van der Waals surface area (Å²) >= 11 is 6.03. The number of anilines is 2. The molecular weight excluding hydrogens is 288 g/mol. The van der Waals surface area contributed by atoms with Gasteiger partial charge in [-0.05, 0) is 25.0 Å². The molecule has 1 aromatic carbocycles. The Balaban J connectivity index is 1.78. The Morgan fingerprint density at radius 2 is 1.95 bits per heavy atom. The molecule has 0 unspecified atom stereocenters. The molecule has 0 aliphatic carbocycles. The van der Waals surface area contributed by atoms with Gasteiger partial charge in [-0.3, -0.25) is 4.79 Å². The summed E-state index contributed by atoms with van der Waals surface area (Å²) in [6.45, 7) is 1.95. The number of nitrogens with zero attached hydrogens (tertiary/aromatic N) is 3. The molecule has 108 valence electrons. The first-order chi connectivity index (χ1) is 10.2. The van der Waals surface area contributed by atoms with Gasteiger partial charge in [0.05, 0.1) is 10.7 Å². The molecule has 5 nitrogen and oxygen atoms in total. The van der Waals surface area contributed by atoms with E-state index in [-0.39, 0.29) is 5.91 Å². The molecular formula is C15H15ClN4O. The molecule has 21 heavy (non-hydrogen) atoms. The maximum absolute atomic E-state index is 12.3. The Labute approximate surface area is 128 Å². The first-order valence-corrected chi connectivity index (χ1v) is 7.25. The van der Waals surface area contributed by atoms with Crippen LogP contribution in [0.15, 0.2) is 36.7 Å². The molecule has 1 saturated heterocycles. The second kappa shape index (κ2) is 6.10. The van der Waals surface area contributed by atoms with Gasteiger partial charge >= 0.3 is 0 Å². The van der Waals surface area contributed by atoms with Gasteiger partial charge in [0.25, 0.3) is 5.91 Å². The van der Waals surface area contributed by atoms with E-state index >= 15 is 0 Å². The number of hydrogen-bond donors (Lipinski definition) is 1. The molecule has 0 atom stereocenters. The van der Waals surface area contributed by atoms with Gasteiger partial charge in [-0.15, -0.1) is 0 Å². The van der Waals surface area contributed by atoms with Gasteiger partial charge in [-0.25, -0.2) is 9.97 Å². The normalized spacial score (nSPS) is 14.2. The van der Waals surface area contributed by atoms with Crippen molar-refractivity contribution in [1.29, 1.82) is 0 Å². The van der Waals surface area contributed by atoms with Crippen LogP contribution in [0.2, 0.25) is 5.02 Å². The van der Waals surface area contributed by atoms with Crippen molar-refractivity contribution >= 4 is 29.0 Å². The van der Waals surface area contributed by atoms with Gasteiger partial charge in [0.1, 0.15) is 17.8 Å². The highest BCUT2D eigenvalue weighted by molar-refractivity contribution is 6.33. The van der Waals surface area contributed by atoms with Crippen molar-refractivity contribution in [2.75, 3.05) is 23.3 Å². The highest BCUT2D eigenvalue weighted by Gasteiger charge is 2.16. The molecule has 1 amide bonds. The summed E-state index contributed by atoms with van der Waals surface area (Å²) in [5.74, 6) is 0.512. The molecule has 1 aliphatic heterocycles. The van der Waals surface area contributed by atoms with E-state index in [1.807, 2.05) is 12.1 Å². The summed E-state index contributed by atoms with van der Waals surface area (Å²) in [4.78, 5) is 22.7. The van der Waals surface area contributed by atoms with E-state index in [4.69, 9.17) is 11.6 Å². The topological polar surface area (TPSA) is 58.1 Å². The summed E-state index contributed by atoms with van der Waals surface area (Å²) in [6, 6.07) is 8.83. The maximum Gasteiger partial charge on any atom is 0.274 e. The third-order valence-corrected chi connectivity index (χ3v) is 3.77. The van der Waals surface area contributed by atoms with E-state index in [1.54, 1.807) is 18.2 Å². The van der Waals surface area contributed by atoms with Gasteiger partial charge < -0.3 is 10.2 Å². The fraction of sp³-hybridized carbons (Fsp3) is 0.267. The van der Waals surface area contributed by atoms with Crippen LogP contribution in [0.4, 0.5) is 11.5 Å². The molecule has 1 N–H and O–H groups in total. The van der Waals surface area contributed by atoms with Gasteiger partial charge in [-0.2, -0.15) is 0 Å². The average Bonchev–Trinajstić information content (AvgIpc) is 3.04. The van der Waals surface area contributed by atoms with Crippen LogP contribution in [0.3, 0.4) is 0 Å². The van der Waals surface area contributed by atoms with Gasteiger partial charge in [-0.1, -0.05) is 23.7 Å². The number of halogens is 1. The monoisotopic (exact) mass is 302 g/mol. The van der Waals surface area contributed by atoms with Gasteiger partial charge in [0.2, 0.25) is 0 Å². The van der Waals surface area contributed by atoms with Crippen LogP contribution in [0.1, 0.15) is 23.3 Å². The van der Waals surface area contributed by atoms with Crippen LogP contribution >= 0.6 is 11.6 Å². The van der Waals surface area contributed by atoms with Crippen LogP contribution in [0, 0.1) is 0 Å². The van der Waals surface area contributed by atoms with Crippen molar-refractivity contribution in [1.82, 2.24) is 9.97 Å². The minimum Gasteiger partial charge on any atom is -0.357 e. The summed E-state index contributed by atoms with van der Waals surface area (Å²) in [7, 11) is 0. The minimum atomic E-state index is -0.286. The van der Waals surface area contributed by atoms with E-state index < -0.39 is 0 Å². The molecule has 1 fully saturated rings. The Morgan fingerprint density at radius 3 is 2.71 bits per heavy atom. The van der Waals surface area contributed by atoms with E-state index in [0.29, 0.717) is 16.4 Å². The molecule has 2 aromatic rings. The van der Waals surface area contributed by atoms with E-state index in [1.165, 1.54) is 6.33 Å². The number of carbonyl (C=O) groups excluding carboxylic acids is 1. The smallest absolute Gasteiger partial charge is 0.274 e. The second-order valence-corrected chi connectivity index (χ2v) is 5.30. The lowest BCUT2D eigenvalue weighted by Crippen LogP contribution is -2.21. The van der Waals surface area contributed by atoms with Crippen molar-refractivity contribution in [3.63, 3.8) is 0 Å². The van der Waals surface area contributed by atoms with Gasteiger partial charge in [0, 0.05) is 19.2 Å². The van der Waals surface area contributed by atoms with Gasteiger partial charge in [0.15, 0.2) is 0 Å². The van der Waals surface area contributed by atoms with Crippen molar-refractivity contribution < 1.29 is 4.79 Å². The number of nitrogens with one attached hydrogen (secondary N) is 1. The van der Waals surface area contributed by atoms with Crippen molar-refractivity contribution in [3.8, 4) is 0 Å². The summed E-state index contributed by atoms with van der Waals surface area (Å²) < 4.78 is 0. The number of aromatic nitrogens is 2. The summed E-state index contributed by atoms with van der Waals surface area (Å²) in [5.41, 5.74) is 0.914. The fourth-order valence-corrected chi connectivity index (χ4v) is 2.52.